The van der Waals surface area contributed by atoms with E-state index in [1.54, 1.807) is 0 Å². The van der Waals surface area contributed by atoms with E-state index in [4.69, 9.17) is 16.3 Å². The maximum atomic E-state index is 14.6. The largest absolute Gasteiger partial charge is 0.447 e. The predicted molar refractivity (Wildman–Crippen MR) is 89.0 cm³/mol. The SMILES string of the molecule is O=C1N[C@H](C(=O)N[C@H](c2ccc(F)c(Cl)c2F)[C@@H]2CC[C@@H](C(F)(F)F)CO2)CO1. The molecule has 1 aromatic carbocycles. The number of rotatable bonds is 4. The van der Waals surface area contributed by atoms with Crippen molar-refractivity contribution in [3.8, 4) is 0 Å². The van der Waals surface area contributed by atoms with Crippen molar-refractivity contribution in [2.24, 2.45) is 5.92 Å². The number of ether oxygens (including phenoxy) is 2. The number of amides is 2. The molecular weight excluding hydrogens is 427 g/mol. The van der Waals surface area contributed by atoms with Crippen LogP contribution in [0.25, 0.3) is 0 Å². The van der Waals surface area contributed by atoms with Crippen LogP contribution in [0.1, 0.15) is 24.4 Å². The maximum Gasteiger partial charge on any atom is 0.407 e. The van der Waals surface area contributed by atoms with Crippen molar-refractivity contribution in [2.75, 3.05) is 13.2 Å². The minimum atomic E-state index is -4.44. The number of cyclic esters (lactones) is 1. The first-order valence-electron chi connectivity index (χ1n) is 8.63. The molecule has 0 saturated carbocycles. The van der Waals surface area contributed by atoms with Crippen LogP contribution in [0.2, 0.25) is 5.02 Å². The van der Waals surface area contributed by atoms with Crippen LogP contribution in [0.5, 0.6) is 0 Å². The highest BCUT2D eigenvalue weighted by molar-refractivity contribution is 6.31. The van der Waals surface area contributed by atoms with Gasteiger partial charge in [0.1, 0.15) is 29.3 Å². The number of hydrogen-bond donors (Lipinski definition) is 2. The van der Waals surface area contributed by atoms with Crippen molar-refractivity contribution >= 4 is 23.6 Å². The molecule has 6 nitrogen and oxygen atoms in total. The van der Waals surface area contributed by atoms with E-state index >= 15 is 0 Å². The van der Waals surface area contributed by atoms with Crippen molar-refractivity contribution in [1.82, 2.24) is 10.6 Å². The Morgan fingerprint density at radius 1 is 1.24 bits per heavy atom. The molecule has 2 N–H and O–H groups in total. The van der Waals surface area contributed by atoms with Gasteiger partial charge in [0.2, 0.25) is 5.91 Å². The molecule has 2 fully saturated rings. The third-order valence-corrected chi connectivity index (χ3v) is 5.18. The molecule has 0 aromatic heterocycles. The van der Waals surface area contributed by atoms with Crippen LogP contribution in [-0.2, 0) is 14.3 Å². The van der Waals surface area contributed by atoms with Gasteiger partial charge in [0.15, 0.2) is 0 Å². The average Bonchev–Trinajstić information content (AvgIpc) is 3.11. The van der Waals surface area contributed by atoms with Crippen molar-refractivity contribution < 1.29 is 41.0 Å². The lowest BCUT2D eigenvalue weighted by molar-refractivity contribution is -0.210. The Morgan fingerprint density at radius 2 is 1.97 bits per heavy atom. The van der Waals surface area contributed by atoms with Gasteiger partial charge in [-0.15, -0.1) is 0 Å². The van der Waals surface area contributed by atoms with Crippen LogP contribution < -0.4 is 10.6 Å². The molecule has 0 radical (unpaired) electrons. The monoisotopic (exact) mass is 442 g/mol. The van der Waals surface area contributed by atoms with E-state index < -0.39 is 65.5 Å². The van der Waals surface area contributed by atoms with Gasteiger partial charge in [0.05, 0.1) is 24.7 Å². The summed E-state index contributed by atoms with van der Waals surface area (Å²) < 4.78 is 76.6. The van der Waals surface area contributed by atoms with Crippen LogP contribution >= 0.6 is 11.6 Å². The molecule has 12 heteroatoms. The fraction of sp³-hybridized carbons (Fsp3) is 0.529. The van der Waals surface area contributed by atoms with E-state index in [0.717, 1.165) is 12.1 Å². The first-order valence-corrected chi connectivity index (χ1v) is 9.01. The number of benzene rings is 1. The van der Waals surface area contributed by atoms with Crippen LogP contribution in [0.15, 0.2) is 12.1 Å². The van der Waals surface area contributed by atoms with E-state index in [1.165, 1.54) is 0 Å². The van der Waals surface area contributed by atoms with Gasteiger partial charge in [-0.3, -0.25) is 4.79 Å². The third-order valence-electron chi connectivity index (χ3n) is 4.83. The standard InChI is InChI=1S/C17H16ClF5N2O4/c18-12-9(19)3-2-8(13(12)20)14(25-15(26)10-6-29-16(27)24-10)11-4-1-7(5-28-11)17(21,22)23/h2-3,7,10-11,14H,1,4-6H2,(H,24,27)(H,25,26)/t7-,10+,11+,14-/m1/s1. The second kappa shape index (κ2) is 8.31. The zero-order valence-corrected chi connectivity index (χ0v) is 15.4. The molecule has 0 aliphatic carbocycles. The lowest BCUT2D eigenvalue weighted by atomic mass is 9.90. The zero-order chi connectivity index (χ0) is 21.3. The summed E-state index contributed by atoms with van der Waals surface area (Å²) in [5.74, 6) is -4.64. The van der Waals surface area contributed by atoms with Gasteiger partial charge >= 0.3 is 12.3 Å². The fourth-order valence-corrected chi connectivity index (χ4v) is 3.40. The average molecular weight is 443 g/mol. The van der Waals surface area contributed by atoms with E-state index in [0.29, 0.717) is 0 Å². The van der Waals surface area contributed by atoms with Crippen LogP contribution in [-0.4, -0.2) is 43.5 Å². The predicted octanol–water partition coefficient (Wildman–Crippen LogP) is 3.24. The molecule has 160 valence electrons. The number of hydrogen-bond acceptors (Lipinski definition) is 4. The van der Waals surface area contributed by atoms with Crippen molar-refractivity contribution in [3.05, 3.63) is 34.4 Å². The number of halogens is 6. The summed E-state index contributed by atoms with van der Waals surface area (Å²) in [6.45, 7) is -0.938. The molecule has 1 aromatic rings. The summed E-state index contributed by atoms with van der Waals surface area (Å²) in [6, 6.07) is -0.422. The number of alkyl carbamates (subject to hydrolysis) is 1. The lowest BCUT2D eigenvalue weighted by Gasteiger charge is -2.35. The molecule has 0 spiro atoms. The second-order valence-electron chi connectivity index (χ2n) is 6.73. The molecule has 2 heterocycles. The summed E-state index contributed by atoms with van der Waals surface area (Å²) >= 11 is 5.60. The Kier molecular flexibility index (Phi) is 6.18. The Morgan fingerprint density at radius 3 is 2.52 bits per heavy atom. The van der Waals surface area contributed by atoms with E-state index in [2.05, 4.69) is 15.4 Å². The fourth-order valence-electron chi connectivity index (χ4n) is 3.22. The molecule has 2 aliphatic heterocycles. The molecule has 3 rings (SSSR count). The topological polar surface area (TPSA) is 76.7 Å². The van der Waals surface area contributed by atoms with Gasteiger partial charge in [-0.05, 0) is 18.9 Å². The molecule has 2 aliphatic rings. The normalized spacial score (nSPS) is 25.9. The maximum absolute atomic E-state index is 14.6. The van der Waals surface area contributed by atoms with Crippen molar-refractivity contribution in [3.63, 3.8) is 0 Å². The van der Waals surface area contributed by atoms with Crippen LogP contribution in [0.3, 0.4) is 0 Å². The molecule has 29 heavy (non-hydrogen) atoms. The van der Waals surface area contributed by atoms with Gasteiger partial charge in [-0.1, -0.05) is 17.7 Å². The highest BCUT2D eigenvalue weighted by Crippen LogP contribution is 2.38. The summed E-state index contributed by atoms with van der Waals surface area (Å²) in [5, 5.41) is 3.86. The first-order chi connectivity index (χ1) is 13.6. The second-order valence-corrected chi connectivity index (χ2v) is 7.11. The Bertz CT molecular complexity index is 799. The molecule has 0 bridgehead atoms. The Hall–Kier alpha value is -2.14. The zero-order valence-electron chi connectivity index (χ0n) is 14.7. The van der Waals surface area contributed by atoms with Crippen LogP contribution in [0, 0.1) is 17.6 Å². The minimum absolute atomic E-state index is 0.142. The molecule has 2 amide bonds. The highest BCUT2D eigenvalue weighted by atomic mass is 35.5. The minimum Gasteiger partial charge on any atom is -0.447 e. The van der Waals surface area contributed by atoms with Gasteiger partial charge < -0.3 is 20.1 Å². The first kappa shape index (κ1) is 21.6. The lowest BCUT2D eigenvalue weighted by Crippen LogP contribution is -2.49. The van der Waals surface area contributed by atoms with Crippen LogP contribution in [0.4, 0.5) is 26.7 Å². The molecule has 4 atom stereocenters. The van der Waals surface area contributed by atoms with Gasteiger partial charge in [-0.2, -0.15) is 13.2 Å². The number of alkyl halides is 3. The number of carbonyl (C=O) groups is 2. The summed E-state index contributed by atoms with van der Waals surface area (Å²) in [5.41, 5.74) is -0.245. The smallest absolute Gasteiger partial charge is 0.407 e. The van der Waals surface area contributed by atoms with Gasteiger partial charge in [0, 0.05) is 5.56 Å². The molecule has 2 saturated heterocycles. The number of nitrogens with one attached hydrogen (secondary N) is 2. The Labute approximate surface area is 166 Å². The number of carbonyl (C=O) groups excluding carboxylic acids is 2. The van der Waals surface area contributed by atoms with E-state index in [9.17, 15) is 31.5 Å². The molecular formula is C17H16ClF5N2O4. The quantitative estimate of drug-likeness (QED) is 0.554. The summed E-state index contributed by atoms with van der Waals surface area (Å²) in [7, 11) is 0. The highest BCUT2D eigenvalue weighted by Gasteiger charge is 2.44. The summed E-state index contributed by atoms with van der Waals surface area (Å²) in [6.07, 6.45) is -6.72. The van der Waals surface area contributed by atoms with E-state index in [1.807, 2.05) is 0 Å². The summed E-state index contributed by atoms with van der Waals surface area (Å²) in [4.78, 5) is 23.6. The molecule has 0 unspecified atom stereocenters. The van der Waals surface area contributed by atoms with E-state index in [-0.39, 0.29) is 25.0 Å². The van der Waals surface area contributed by atoms with Gasteiger partial charge in [-0.25, -0.2) is 13.6 Å². The van der Waals surface area contributed by atoms with Crippen molar-refractivity contribution in [1.29, 1.82) is 0 Å². The van der Waals surface area contributed by atoms with Gasteiger partial charge in [0.25, 0.3) is 0 Å². The Balaban J connectivity index is 1.83. The van der Waals surface area contributed by atoms with Crippen molar-refractivity contribution in [2.45, 2.75) is 37.2 Å². The third kappa shape index (κ3) is 4.72.